The summed E-state index contributed by atoms with van der Waals surface area (Å²) in [6, 6.07) is 15.0. The van der Waals surface area contributed by atoms with Crippen molar-refractivity contribution in [1.82, 2.24) is 10.2 Å². The number of carbonyl (C=O) groups excluding carboxylic acids is 2. The van der Waals surface area contributed by atoms with Gasteiger partial charge >= 0.3 is 6.18 Å². The molecular weight excluding hydrogens is 603 g/mol. The van der Waals surface area contributed by atoms with Gasteiger partial charge in [-0.15, -0.1) is 0 Å². The number of sulfonamides is 1. The molecule has 0 spiro atoms. The van der Waals surface area contributed by atoms with Crippen molar-refractivity contribution >= 4 is 39.1 Å². The van der Waals surface area contributed by atoms with Crippen molar-refractivity contribution in [3.05, 3.63) is 94.5 Å². The molecule has 0 fully saturated rings. The Bertz CT molecular complexity index is 1530. The lowest BCUT2D eigenvalue weighted by Crippen LogP contribution is -2.53. The summed E-state index contributed by atoms with van der Waals surface area (Å²) < 4.78 is 69.4. The van der Waals surface area contributed by atoms with Gasteiger partial charge in [0.2, 0.25) is 11.8 Å². The summed E-state index contributed by atoms with van der Waals surface area (Å²) >= 11 is 6.38. The van der Waals surface area contributed by atoms with E-state index >= 15 is 0 Å². The molecule has 7 nitrogen and oxygen atoms in total. The highest BCUT2D eigenvalue weighted by molar-refractivity contribution is 7.92. The van der Waals surface area contributed by atoms with Crippen LogP contribution < -0.4 is 9.62 Å². The molecule has 0 saturated carbocycles. The van der Waals surface area contributed by atoms with Crippen molar-refractivity contribution in [3.8, 4) is 0 Å². The van der Waals surface area contributed by atoms with Crippen LogP contribution in [0, 0.1) is 6.92 Å². The van der Waals surface area contributed by atoms with Gasteiger partial charge in [0.05, 0.1) is 16.1 Å². The fourth-order valence-corrected chi connectivity index (χ4v) is 5.98. The number of halogens is 4. The molecule has 0 aliphatic heterocycles. The second-order valence-electron chi connectivity index (χ2n) is 10.2. The van der Waals surface area contributed by atoms with Crippen LogP contribution in [0.2, 0.25) is 5.02 Å². The van der Waals surface area contributed by atoms with Gasteiger partial charge in [-0.3, -0.25) is 13.9 Å². The maximum absolute atomic E-state index is 14.1. The van der Waals surface area contributed by atoms with Crippen LogP contribution >= 0.6 is 11.6 Å². The molecule has 2 atom stereocenters. The molecule has 0 aliphatic carbocycles. The summed E-state index contributed by atoms with van der Waals surface area (Å²) in [4.78, 5) is 28.4. The van der Waals surface area contributed by atoms with Crippen molar-refractivity contribution in [1.29, 1.82) is 0 Å². The molecule has 2 amide bonds. The van der Waals surface area contributed by atoms with E-state index in [4.69, 9.17) is 11.6 Å². The predicted octanol–water partition coefficient (Wildman–Crippen LogP) is 6.58. The van der Waals surface area contributed by atoms with Crippen molar-refractivity contribution < 1.29 is 31.2 Å². The number of hydrogen-bond donors (Lipinski definition) is 1. The number of alkyl halides is 3. The minimum absolute atomic E-state index is 0.133. The van der Waals surface area contributed by atoms with Crippen LogP contribution in [0.15, 0.2) is 77.7 Å². The third-order valence-corrected chi connectivity index (χ3v) is 9.19. The van der Waals surface area contributed by atoms with Crippen LogP contribution in [-0.4, -0.2) is 43.8 Å². The molecule has 0 aliphatic rings. The summed E-state index contributed by atoms with van der Waals surface area (Å²) in [5, 5.41) is 3.20. The number of nitrogens with one attached hydrogen (secondary N) is 1. The first-order valence-electron chi connectivity index (χ1n) is 13.8. The Morgan fingerprint density at radius 3 is 2.19 bits per heavy atom. The third-order valence-electron chi connectivity index (χ3n) is 7.03. The Kier molecular flexibility index (Phi) is 11.3. The van der Waals surface area contributed by atoms with Gasteiger partial charge < -0.3 is 10.2 Å². The van der Waals surface area contributed by atoms with Crippen molar-refractivity contribution in [2.75, 3.05) is 10.8 Å². The van der Waals surface area contributed by atoms with Gasteiger partial charge in [0.15, 0.2) is 0 Å². The highest BCUT2D eigenvalue weighted by Gasteiger charge is 2.36. The monoisotopic (exact) mass is 637 g/mol. The second kappa shape index (κ2) is 14.3. The van der Waals surface area contributed by atoms with Crippen molar-refractivity contribution in [2.45, 2.75) is 70.2 Å². The molecule has 0 aromatic heterocycles. The first-order valence-corrected chi connectivity index (χ1v) is 15.6. The average Bonchev–Trinajstić information content (AvgIpc) is 2.96. The highest BCUT2D eigenvalue weighted by Crippen LogP contribution is 2.33. The minimum atomic E-state index is -4.75. The third kappa shape index (κ3) is 8.51. The quantitative estimate of drug-likeness (QED) is 0.243. The van der Waals surface area contributed by atoms with E-state index in [-0.39, 0.29) is 29.6 Å². The molecule has 1 N–H and O–H groups in total. The van der Waals surface area contributed by atoms with Crippen molar-refractivity contribution in [2.24, 2.45) is 0 Å². The van der Waals surface area contributed by atoms with E-state index in [1.807, 2.05) is 13.8 Å². The number of hydrogen-bond acceptors (Lipinski definition) is 4. The molecule has 12 heteroatoms. The number of benzene rings is 3. The topological polar surface area (TPSA) is 86.8 Å². The zero-order valence-electron chi connectivity index (χ0n) is 24.4. The summed E-state index contributed by atoms with van der Waals surface area (Å²) in [5.41, 5.74) is -0.142. The molecule has 3 rings (SSSR count). The molecular formula is C31H35ClF3N3O4S. The number of rotatable bonds is 12. The lowest BCUT2D eigenvalue weighted by molar-refractivity contribution is -0.140. The number of carbonyl (C=O) groups is 2. The van der Waals surface area contributed by atoms with Gasteiger partial charge in [0, 0.05) is 17.6 Å². The van der Waals surface area contributed by atoms with E-state index in [1.54, 1.807) is 50.2 Å². The summed E-state index contributed by atoms with van der Waals surface area (Å²) in [5.74, 6) is -1.23. The lowest BCUT2D eigenvalue weighted by Gasteiger charge is -2.34. The minimum Gasteiger partial charge on any atom is -0.352 e. The standard InChI is InChI=1S/C31H35ClF3N3O4S/c1-5-22(4)36-30(40)28(6-2)37(19-23-10-7-8-13-27(23)32)29(39)20-38(25-12-9-11-24(18-25)31(33,34)35)43(41,42)26-16-14-21(3)15-17-26/h7-18,22,28H,5-6,19-20H2,1-4H3,(H,36,40)/t22-,28-/m1/s1. The Hall–Kier alpha value is -3.57. The molecule has 232 valence electrons. The second-order valence-corrected chi connectivity index (χ2v) is 12.5. The smallest absolute Gasteiger partial charge is 0.352 e. The van der Waals surface area contributed by atoms with Crippen LogP contribution in [0.3, 0.4) is 0 Å². The molecule has 0 saturated heterocycles. The molecule has 0 heterocycles. The van der Waals surface area contributed by atoms with Gasteiger partial charge in [0.1, 0.15) is 12.6 Å². The van der Waals surface area contributed by atoms with Crippen molar-refractivity contribution in [3.63, 3.8) is 0 Å². The first kappa shape index (κ1) is 33.9. The predicted molar refractivity (Wildman–Crippen MR) is 161 cm³/mol. The maximum atomic E-state index is 14.1. The van der Waals surface area contributed by atoms with Crippen LogP contribution in [0.5, 0.6) is 0 Å². The Morgan fingerprint density at radius 1 is 0.953 bits per heavy atom. The number of nitrogens with zero attached hydrogens (tertiary/aromatic N) is 2. The van der Waals surface area contributed by atoms with E-state index in [0.717, 1.165) is 17.7 Å². The Labute approximate surface area is 255 Å². The molecule has 0 unspecified atom stereocenters. The van der Waals surface area contributed by atoms with E-state index < -0.39 is 46.2 Å². The van der Waals surface area contributed by atoms with Crippen LogP contribution in [0.1, 0.15) is 50.3 Å². The summed E-state index contributed by atoms with van der Waals surface area (Å²) in [6.45, 7) is 6.17. The van der Waals surface area contributed by atoms with Gasteiger partial charge in [-0.2, -0.15) is 13.2 Å². The zero-order chi connectivity index (χ0) is 31.9. The highest BCUT2D eigenvalue weighted by atomic mass is 35.5. The zero-order valence-corrected chi connectivity index (χ0v) is 25.9. The average molecular weight is 638 g/mol. The van der Waals surface area contributed by atoms with Crippen LogP contribution in [0.25, 0.3) is 0 Å². The van der Waals surface area contributed by atoms with E-state index in [9.17, 15) is 31.2 Å². The molecule has 0 bridgehead atoms. The van der Waals surface area contributed by atoms with Gasteiger partial charge in [-0.05, 0) is 68.7 Å². The molecule has 3 aromatic rings. The summed E-state index contributed by atoms with van der Waals surface area (Å²) in [7, 11) is -4.53. The largest absolute Gasteiger partial charge is 0.416 e. The van der Waals surface area contributed by atoms with E-state index in [2.05, 4.69) is 5.32 Å². The number of amides is 2. The fraction of sp³-hybridized carbons (Fsp3) is 0.355. The SMILES string of the molecule is CC[C@@H](C)NC(=O)[C@@H](CC)N(Cc1ccccc1Cl)C(=O)CN(c1cccc(C(F)(F)F)c1)S(=O)(=O)c1ccc(C)cc1. The normalized spacial score (nSPS) is 13.2. The van der Waals surface area contributed by atoms with Gasteiger partial charge in [-0.1, -0.05) is 67.4 Å². The van der Waals surface area contributed by atoms with E-state index in [0.29, 0.717) is 27.4 Å². The molecule has 43 heavy (non-hydrogen) atoms. The van der Waals surface area contributed by atoms with Gasteiger partial charge in [0.25, 0.3) is 10.0 Å². The number of anilines is 1. The summed E-state index contributed by atoms with van der Waals surface area (Å²) in [6.07, 6.45) is -3.93. The maximum Gasteiger partial charge on any atom is 0.416 e. The van der Waals surface area contributed by atoms with E-state index in [1.165, 1.54) is 23.1 Å². The Balaban J connectivity index is 2.13. The Morgan fingerprint density at radius 2 is 1.60 bits per heavy atom. The number of aryl methyl sites for hydroxylation is 1. The van der Waals surface area contributed by atoms with Crippen LogP contribution in [0.4, 0.5) is 18.9 Å². The first-order chi connectivity index (χ1) is 20.2. The van der Waals surface area contributed by atoms with Gasteiger partial charge in [-0.25, -0.2) is 8.42 Å². The molecule has 0 radical (unpaired) electrons. The fourth-order valence-electron chi connectivity index (χ4n) is 4.37. The molecule has 3 aromatic carbocycles. The van der Waals surface area contributed by atoms with Crippen LogP contribution in [-0.2, 0) is 32.3 Å². The lowest BCUT2D eigenvalue weighted by atomic mass is 10.1.